The van der Waals surface area contributed by atoms with E-state index in [-0.39, 0.29) is 24.4 Å². The zero-order chi connectivity index (χ0) is 13.8. The number of nitrogens with one attached hydrogen (secondary N) is 2. The molecule has 21 heavy (non-hydrogen) atoms. The highest BCUT2D eigenvalue weighted by molar-refractivity contribution is 5.85. The van der Waals surface area contributed by atoms with Gasteiger partial charge in [-0.3, -0.25) is 4.79 Å². The number of fused-ring (bicyclic) bond motifs is 1. The molecule has 0 atom stereocenters. The lowest BCUT2D eigenvalue weighted by Gasteiger charge is -2.32. The van der Waals surface area contributed by atoms with Crippen molar-refractivity contribution >= 4 is 29.7 Å². The molecule has 2 aliphatic rings. The normalized spacial score (nSPS) is 18.2. The molecule has 2 heterocycles. The average Bonchev–Trinajstić information content (AvgIpc) is 2.48. The van der Waals surface area contributed by atoms with Crippen LogP contribution in [0, 0.1) is 0 Å². The third-order valence-electron chi connectivity index (χ3n) is 3.86. The lowest BCUT2D eigenvalue weighted by molar-refractivity contribution is -0.121. The van der Waals surface area contributed by atoms with Gasteiger partial charge in [0.05, 0.1) is 17.9 Å². The second-order valence-electron chi connectivity index (χ2n) is 5.32. The van der Waals surface area contributed by atoms with Gasteiger partial charge >= 0.3 is 0 Å². The van der Waals surface area contributed by atoms with E-state index in [9.17, 15) is 4.79 Å². The first kappa shape index (κ1) is 15.9. The van der Waals surface area contributed by atoms with Crippen LogP contribution in [0.15, 0.2) is 24.3 Å². The molecule has 0 aromatic heterocycles. The number of nitrogens with zero attached hydrogens (tertiary/aromatic N) is 1. The Kier molecular flexibility index (Phi) is 5.70. The Morgan fingerprint density at radius 1 is 1.33 bits per heavy atom. The van der Waals surface area contributed by atoms with E-state index >= 15 is 0 Å². The molecule has 0 radical (unpaired) electrons. The Bertz CT molecular complexity index is 478. The van der Waals surface area contributed by atoms with Gasteiger partial charge in [-0.2, -0.15) is 0 Å². The highest BCUT2D eigenvalue weighted by Gasteiger charge is 2.21. The van der Waals surface area contributed by atoms with Crippen LogP contribution in [-0.4, -0.2) is 44.8 Å². The molecule has 2 aliphatic heterocycles. The van der Waals surface area contributed by atoms with E-state index in [1.54, 1.807) is 0 Å². The maximum Gasteiger partial charge on any atom is 0.239 e. The minimum absolute atomic E-state index is 0. The van der Waals surface area contributed by atoms with Gasteiger partial charge in [0.1, 0.15) is 0 Å². The third kappa shape index (κ3) is 4.02. The van der Waals surface area contributed by atoms with Gasteiger partial charge in [-0.1, -0.05) is 12.1 Å². The Labute approximate surface area is 131 Å². The number of carbonyl (C=O) groups excluding carboxylic acids is 1. The van der Waals surface area contributed by atoms with E-state index in [0.29, 0.717) is 6.54 Å². The molecule has 3 rings (SSSR count). The largest absolute Gasteiger partial charge is 0.382 e. The minimum Gasteiger partial charge on any atom is -0.382 e. The number of carbonyl (C=O) groups is 1. The molecule has 0 spiro atoms. The van der Waals surface area contributed by atoms with Crippen LogP contribution in [-0.2, 0) is 9.53 Å². The molecule has 5 nitrogen and oxygen atoms in total. The number of benzene rings is 1. The van der Waals surface area contributed by atoms with Crippen molar-refractivity contribution in [1.29, 1.82) is 0 Å². The molecule has 116 valence electrons. The van der Waals surface area contributed by atoms with Gasteiger partial charge in [0, 0.05) is 32.3 Å². The van der Waals surface area contributed by atoms with Gasteiger partial charge < -0.3 is 20.3 Å². The summed E-state index contributed by atoms with van der Waals surface area (Å²) in [7, 11) is 0. The van der Waals surface area contributed by atoms with Crippen LogP contribution in [0.5, 0.6) is 0 Å². The van der Waals surface area contributed by atoms with Crippen molar-refractivity contribution in [1.82, 2.24) is 5.32 Å². The second kappa shape index (κ2) is 7.52. The highest BCUT2D eigenvalue weighted by atomic mass is 35.5. The summed E-state index contributed by atoms with van der Waals surface area (Å²) < 4.78 is 5.31. The van der Waals surface area contributed by atoms with E-state index in [0.717, 1.165) is 50.5 Å². The number of rotatable bonds is 3. The minimum atomic E-state index is 0. The van der Waals surface area contributed by atoms with Crippen molar-refractivity contribution in [3.8, 4) is 0 Å². The topological polar surface area (TPSA) is 53.6 Å². The Hall–Kier alpha value is -1.46. The summed E-state index contributed by atoms with van der Waals surface area (Å²) in [4.78, 5) is 14.3. The van der Waals surface area contributed by atoms with Crippen molar-refractivity contribution in [2.75, 3.05) is 43.1 Å². The molecule has 1 fully saturated rings. The molecular weight excluding hydrogens is 290 g/mol. The zero-order valence-electron chi connectivity index (χ0n) is 12.0. The molecule has 0 unspecified atom stereocenters. The standard InChI is InChI=1S/C15H21N3O2.ClH/c19-15(17-12-5-9-20-10-6-12)11-18-8-7-16-13-3-1-2-4-14(13)18;/h1-4,12,16H,5-11H2,(H,17,19);1H. The van der Waals surface area contributed by atoms with Gasteiger partial charge in [0.25, 0.3) is 0 Å². The van der Waals surface area contributed by atoms with E-state index in [4.69, 9.17) is 4.74 Å². The number of para-hydroxylation sites is 2. The number of halogens is 1. The average molecular weight is 312 g/mol. The molecule has 1 saturated heterocycles. The van der Waals surface area contributed by atoms with Gasteiger partial charge in [0.2, 0.25) is 5.91 Å². The lowest BCUT2D eigenvalue weighted by Crippen LogP contribution is -2.46. The van der Waals surface area contributed by atoms with E-state index in [1.165, 1.54) is 0 Å². The van der Waals surface area contributed by atoms with Crippen LogP contribution in [0.4, 0.5) is 11.4 Å². The van der Waals surface area contributed by atoms with E-state index in [2.05, 4.69) is 27.7 Å². The SMILES string of the molecule is Cl.O=C(CN1CCNc2ccccc21)NC1CCOCC1. The molecule has 2 N–H and O–H groups in total. The summed E-state index contributed by atoms with van der Waals surface area (Å²) in [6, 6.07) is 8.41. The first-order valence-electron chi connectivity index (χ1n) is 7.28. The predicted octanol–water partition coefficient (Wildman–Crippen LogP) is 1.64. The monoisotopic (exact) mass is 311 g/mol. The summed E-state index contributed by atoms with van der Waals surface area (Å²) in [5.41, 5.74) is 2.22. The maximum atomic E-state index is 12.2. The smallest absolute Gasteiger partial charge is 0.239 e. The van der Waals surface area contributed by atoms with Crippen molar-refractivity contribution in [3.05, 3.63) is 24.3 Å². The first-order valence-corrected chi connectivity index (χ1v) is 7.28. The fourth-order valence-corrected chi connectivity index (χ4v) is 2.80. The molecule has 1 aromatic rings. The number of anilines is 2. The van der Waals surface area contributed by atoms with Crippen LogP contribution >= 0.6 is 12.4 Å². The van der Waals surface area contributed by atoms with Crippen molar-refractivity contribution in [2.24, 2.45) is 0 Å². The van der Waals surface area contributed by atoms with Gasteiger partial charge in [-0.05, 0) is 25.0 Å². The van der Waals surface area contributed by atoms with Crippen LogP contribution in [0.1, 0.15) is 12.8 Å². The van der Waals surface area contributed by atoms with Crippen molar-refractivity contribution < 1.29 is 9.53 Å². The zero-order valence-corrected chi connectivity index (χ0v) is 12.8. The molecule has 0 bridgehead atoms. The molecule has 0 saturated carbocycles. The summed E-state index contributed by atoms with van der Waals surface area (Å²) in [6.45, 7) is 3.67. The number of hydrogen-bond acceptors (Lipinski definition) is 4. The number of ether oxygens (including phenoxy) is 1. The molecule has 1 aromatic carbocycles. The fraction of sp³-hybridized carbons (Fsp3) is 0.533. The van der Waals surface area contributed by atoms with Gasteiger partial charge in [-0.15, -0.1) is 12.4 Å². The van der Waals surface area contributed by atoms with Crippen molar-refractivity contribution in [3.63, 3.8) is 0 Å². The van der Waals surface area contributed by atoms with E-state index < -0.39 is 0 Å². The lowest BCUT2D eigenvalue weighted by atomic mass is 10.1. The van der Waals surface area contributed by atoms with Crippen LogP contribution in [0.2, 0.25) is 0 Å². The maximum absolute atomic E-state index is 12.2. The quantitative estimate of drug-likeness (QED) is 0.891. The summed E-state index contributed by atoms with van der Waals surface area (Å²) in [5.74, 6) is 0.105. The fourth-order valence-electron chi connectivity index (χ4n) is 2.80. The van der Waals surface area contributed by atoms with Crippen molar-refractivity contribution in [2.45, 2.75) is 18.9 Å². The summed E-state index contributed by atoms with van der Waals surface area (Å²) >= 11 is 0. The number of hydrogen-bond donors (Lipinski definition) is 2. The Balaban J connectivity index is 0.00000161. The molecule has 6 heteroatoms. The van der Waals surface area contributed by atoms with Crippen LogP contribution in [0.25, 0.3) is 0 Å². The van der Waals surface area contributed by atoms with Gasteiger partial charge in [-0.25, -0.2) is 0 Å². The summed E-state index contributed by atoms with van der Waals surface area (Å²) in [6.07, 6.45) is 1.84. The number of amides is 1. The van der Waals surface area contributed by atoms with Crippen LogP contribution in [0.3, 0.4) is 0 Å². The van der Waals surface area contributed by atoms with Gasteiger partial charge in [0.15, 0.2) is 0 Å². The van der Waals surface area contributed by atoms with E-state index in [1.807, 2.05) is 12.1 Å². The Morgan fingerprint density at radius 2 is 2.10 bits per heavy atom. The first-order chi connectivity index (χ1) is 9.83. The molecule has 0 aliphatic carbocycles. The second-order valence-corrected chi connectivity index (χ2v) is 5.32. The predicted molar refractivity (Wildman–Crippen MR) is 86.4 cm³/mol. The molecular formula is C15H22ClN3O2. The van der Waals surface area contributed by atoms with Crippen LogP contribution < -0.4 is 15.5 Å². The molecule has 1 amide bonds. The third-order valence-corrected chi connectivity index (χ3v) is 3.86. The summed E-state index contributed by atoms with van der Waals surface area (Å²) in [5, 5.41) is 6.47. The highest BCUT2D eigenvalue weighted by Crippen LogP contribution is 2.27. The Morgan fingerprint density at radius 3 is 2.90 bits per heavy atom.